The lowest BCUT2D eigenvalue weighted by atomic mass is 10.2. The van der Waals surface area contributed by atoms with Crippen LogP contribution < -0.4 is 15.5 Å². The zero-order valence-electron chi connectivity index (χ0n) is 17.4. The molecule has 0 fully saturated rings. The van der Waals surface area contributed by atoms with E-state index in [9.17, 15) is 9.59 Å². The maximum Gasteiger partial charge on any atom is 0.287 e. The zero-order valence-corrected chi connectivity index (χ0v) is 18.2. The fourth-order valence-corrected chi connectivity index (χ4v) is 3.66. The predicted octanol–water partition coefficient (Wildman–Crippen LogP) is 3.49. The number of carbonyl (C=O) groups excluding carboxylic acids is 1. The second-order valence-electron chi connectivity index (χ2n) is 7.04. The Bertz CT molecular complexity index is 1260. The number of nitrogens with zero attached hydrogens (tertiary/aromatic N) is 3. The Balaban J connectivity index is 1.49. The number of benzene rings is 1. The first kappa shape index (κ1) is 21.6. The molecule has 1 amide bonds. The van der Waals surface area contributed by atoms with Crippen LogP contribution >= 0.6 is 11.8 Å². The van der Waals surface area contributed by atoms with Crippen LogP contribution in [0.2, 0.25) is 0 Å². The summed E-state index contributed by atoms with van der Waals surface area (Å²) in [4.78, 5) is 25.3. The molecule has 0 unspecified atom stereocenters. The second kappa shape index (κ2) is 10.1. The van der Waals surface area contributed by atoms with Crippen molar-refractivity contribution < 1.29 is 13.9 Å². The lowest BCUT2D eigenvalue weighted by molar-refractivity contribution is 0.0902. The van der Waals surface area contributed by atoms with Crippen molar-refractivity contribution in [3.8, 4) is 5.75 Å². The number of hydrogen-bond acceptors (Lipinski definition) is 7. The van der Waals surface area contributed by atoms with Crippen LogP contribution in [0.5, 0.6) is 5.75 Å². The summed E-state index contributed by atoms with van der Waals surface area (Å²) in [6.07, 6.45) is 5.66. The van der Waals surface area contributed by atoms with E-state index in [1.165, 1.54) is 6.26 Å². The molecule has 3 aromatic heterocycles. The van der Waals surface area contributed by atoms with E-state index >= 15 is 0 Å². The van der Waals surface area contributed by atoms with Crippen LogP contribution in [0, 0.1) is 0 Å². The number of thioether (sulfide) groups is 1. The van der Waals surface area contributed by atoms with Crippen LogP contribution in [0.25, 0.3) is 5.65 Å². The third kappa shape index (κ3) is 5.00. The van der Waals surface area contributed by atoms with Crippen molar-refractivity contribution in [1.29, 1.82) is 0 Å². The number of fused-ring (bicyclic) bond motifs is 1. The highest BCUT2D eigenvalue weighted by atomic mass is 32.2. The third-order valence-corrected chi connectivity index (χ3v) is 5.47. The van der Waals surface area contributed by atoms with Gasteiger partial charge in [0.25, 0.3) is 5.91 Å². The van der Waals surface area contributed by atoms with Crippen LogP contribution in [0.15, 0.2) is 76.3 Å². The van der Waals surface area contributed by atoms with Gasteiger partial charge in [-0.25, -0.2) is 0 Å². The molecule has 3 heterocycles. The topological polar surface area (TPSA) is 98.7 Å². The minimum absolute atomic E-state index is 0.0489. The zero-order chi connectivity index (χ0) is 22.3. The molecule has 32 heavy (non-hydrogen) atoms. The maximum absolute atomic E-state index is 12.8. The first-order valence-corrected chi connectivity index (χ1v) is 11.4. The first-order valence-electron chi connectivity index (χ1n) is 10.0. The SMILES string of the molecule is CSCC[C@H](NC(=O)c1cc(=O)c(OCc2ccccc2)co1)c1nnc2ccccn12. The number of ether oxygens (including phenoxy) is 1. The molecule has 0 radical (unpaired) electrons. The number of hydrogen-bond donors (Lipinski definition) is 1. The molecule has 0 aliphatic heterocycles. The second-order valence-corrected chi connectivity index (χ2v) is 8.03. The molecule has 0 aliphatic carbocycles. The summed E-state index contributed by atoms with van der Waals surface area (Å²) < 4.78 is 12.8. The van der Waals surface area contributed by atoms with E-state index in [0.29, 0.717) is 17.9 Å². The summed E-state index contributed by atoms with van der Waals surface area (Å²) >= 11 is 1.66. The van der Waals surface area contributed by atoms with E-state index in [4.69, 9.17) is 9.15 Å². The quantitative estimate of drug-likeness (QED) is 0.417. The standard InChI is InChI=1S/C23H22N4O4S/c1-32-12-10-17(22-26-25-21-9-5-6-11-27(21)22)24-23(29)19-13-18(28)20(15-31-19)30-14-16-7-3-2-4-8-16/h2-9,11,13,15,17H,10,12,14H2,1H3,(H,24,29)/t17-/m0/s1. The van der Waals surface area contributed by atoms with Gasteiger partial charge in [-0.15, -0.1) is 10.2 Å². The normalized spacial score (nSPS) is 11.9. The van der Waals surface area contributed by atoms with Gasteiger partial charge in [-0.3, -0.25) is 14.0 Å². The van der Waals surface area contributed by atoms with Crippen LogP contribution in [-0.2, 0) is 6.61 Å². The van der Waals surface area contributed by atoms with Gasteiger partial charge in [-0.05, 0) is 36.1 Å². The molecule has 0 spiro atoms. The molecule has 4 aromatic rings. The fraction of sp³-hybridized carbons (Fsp3) is 0.217. The van der Waals surface area contributed by atoms with E-state index in [1.54, 1.807) is 11.8 Å². The lowest BCUT2D eigenvalue weighted by Crippen LogP contribution is -2.31. The van der Waals surface area contributed by atoms with Gasteiger partial charge in [0, 0.05) is 12.3 Å². The Hall–Kier alpha value is -3.59. The number of carbonyl (C=O) groups is 1. The molecule has 1 N–H and O–H groups in total. The molecule has 8 nitrogen and oxygen atoms in total. The molecule has 9 heteroatoms. The third-order valence-electron chi connectivity index (χ3n) is 4.83. The van der Waals surface area contributed by atoms with E-state index in [2.05, 4.69) is 15.5 Å². The van der Waals surface area contributed by atoms with E-state index < -0.39 is 17.4 Å². The van der Waals surface area contributed by atoms with Crippen molar-refractivity contribution in [1.82, 2.24) is 19.9 Å². The van der Waals surface area contributed by atoms with Crippen molar-refractivity contribution >= 4 is 23.3 Å². The Morgan fingerprint density at radius 3 is 2.78 bits per heavy atom. The summed E-state index contributed by atoms with van der Waals surface area (Å²) in [5.41, 5.74) is 1.19. The average molecular weight is 451 g/mol. The summed E-state index contributed by atoms with van der Waals surface area (Å²) in [6.45, 7) is 0.230. The Kier molecular flexibility index (Phi) is 6.86. The summed E-state index contributed by atoms with van der Waals surface area (Å²) in [6, 6.07) is 15.8. The predicted molar refractivity (Wildman–Crippen MR) is 122 cm³/mol. The van der Waals surface area contributed by atoms with Gasteiger partial charge in [0.1, 0.15) is 12.9 Å². The smallest absolute Gasteiger partial charge is 0.287 e. The van der Waals surface area contributed by atoms with E-state index in [-0.39, 0.29) is 18.1 Å². The van der Waals surface area contributed by atoms with Gasteiger partial charge >= 0.3 is 0 Å². The first-order chi connectivity index (χ1) is 15.7. The summed E-state index contributed by atoms with van der Waals surface area (Å²) in [5, 5.41) is 11.3. The van der Waals surface area contributed by atoms with Gasteiger partial charge in [0.2, 0.25) is 11.2 Å². The summed E-state index contributed by atoms with van der Waals surface area (Å²) in [5.74, 6) is 0.879. The average Bonchev–Trinajstić information content (AvgIpc) is 3.25. The molecule has 0 saturated carbocycles. The molecular formula is C23H22N4O4S. The van der Waals surface area contributed by atoms with Crippen LogP contribution in [0.4, 0.5) is 0 Å². The molecule has 0 saturated heterocycles. The largest absolute Gasteiger partial charge is 0.482 e. The number of aromatic nitrogens is 3. The van der Waals surface area contributed by atoms with Crippen LogP contribution in [-0.4, -0.2) is 32.5 Å². The molecule has 0 bridgehead atoms. The lowest BCUT2D eigenvalue weighted by Gasteiger charge is -2.16. The highest BCUT2D eigenvalue weighted by Crippen LogP contribution is 2.19. The monoisotopic (exact) mass is 450 g/mol. The highest BCUT2D eigenvalue weighted by Gasteiger charge is 2.22. The van der Waals surface area contributed by atoms with E-state index in [1.807, 2.05) is 65.4 Å². The van der Waals surface area contributed by atoms with Crippen LogP contribution in [0.1, 0.15) is 34.4 Å². The van der Waals surface area contributed by atoms with Gasteiger partial charge in [0.05, 0.1) is 6.04 Å². The van der Waals surface area contributed by atoms with Crippen molar-refractivity contribution in [2.75, 3.05) is 12.0 Å². The number of amides is 1. The number of pyridine rings is 1. The Morgan fingerprint density at radius 1 is 1.19 bits per heavy atom. The van der Waals surface area contributed by atoms with Crippen molar-refractivity contribution in [2.45, 2.75) is 19.1 Å². The van der Waals surface area contributed by atoms with Gasteiger partial charge < -0.3 is 14.5 Å². The van der Waals surface area contributed by atoms with Gasteiger partial charge in [0.15, 0.2) is 17.2 Å². The molecule has 1 aromatic carbocycles. The van der Waals surface area contributed by atoms with Crippen LogP contribution in [0.3, 0.4) is 0 Å². The number of nitrogens with one attached hydrogen (secondary N) is 1. The van der Waals surface area contributed by atoms with Crippen molar-refractivity contribution in [3.05, 3.63) is 94.4 Å². The maximum atomic E-state index is 12.8. The molecule has 1 atom stereocenters. The molecule has 4 rings (SSSR count). The Labute approximate surface area is 188 Å². The summed E-state index contributed by atoms with van der Waals surface area (Å²) in [7, 11) is 0. The van der Waals surface area contributed by atoms with Crippen molar-refractivity contribution in [3.63, 3.8) is 0 Å². The fourth-order valence-electron chi connectivity index (χ4n) is 3.19. The molecule has 164 valence electrons. The molecular weight excluding hydrogens is 428 g/mol. The van der Waals surface area contributed by atoms with E-state index in [0.717, 1.165) is 17.4 Å². The number of rotatable bonds is 9. The molecule has 0 aliphatic rings. The van der Waals surface area contributed by atoms with Gasteiger partial charge in [-0.2, -0.15) is 11.8 Å². The highest BCUT2D eigenvalue weighted by molar-refractivity contribution is 7.98. The minimum Gasteiger partial charge on any atom is -0.482 e. The van der Waals surface area contributed by atoms with Crippen molar-refractivity contribution in [2.24, 2.45) is 0 Å². The Morgan fingerprint density at radius 2 is 2.00 bits per heavy atom. The van der Waals surface area contributed by atoms with Gasteiger partial charge in [-0.1, -0.05) is 36.4 Å². The minimum atomic E-state index is -0.504.